The minimum absolute atomic E-state index is 0.786. The minimum atomic E-state index is 0.786. The highest BCUT2D eigenvalue weighted by Crippen LogP contribution is 2.48. The Morgan fingerprint density at radius 3 is 1.80 bits per heavy atom. The molecule has 0 saturated heterocycles. The van der Waals surface area contributed by atoms with Crippen molar-refractivity contribution in [1.29, 1.82) is 0 Å². The molecule has 0 saturated carbocycles. The molecule has 12 aromatic rings. The van der Waals surface area contributed by atoms with E-state index in [-0.39, 0.29) is 0 Å². The Bertz CT molecular complexity index is 3790. The second-order valence-corrected chi connectivity index (χ2v) is 18.0. The van der Waals surface area contributed by atoms with Crippen LogP contribution in [0.2, 0.25) is 0 Å². The Labute approximate surface area is 404 Å². The molecular formula is C66H53NO2. The van der Waals surface area contributed by atoms with Gasteiger partial charge in [-0.15, -0.1) is 0 Å². The van der Waals surface area contributed by atoms with Crippen molar-refractivity contribution in [1.82, 2.24) is 4.57 Å². The molecule has 334 valence electrons. The van der Waals surface area contributed by atoms with Crippen LogP contribution in [0.25, 0.3) is 93.9 Å². The smallest absolute Gasteiger partial charge is 0.147 e. The van der Waals surface area contributed by atoms with E-state index in [9.17, 15) is 0 Å². The van der Waals surface area contributed by atoms with Crippen molar-refractivity contribution in [2.75, 3.05) is 0 Å². The van der Waals surface area contributed by atoms with Gasteiger partial charge in [0.25, 0.3) is 0 Å². The van der Waals surface area contributed by atoms with Crippen LogP contribution in [0.3, 0.4) is 0 Å². The highest BCUT2D eigenvalue weighted by Gasteiger charge is 2.24. The highest BCUT2D eigenvalue weighted by atomic mass is 16.5. The van der Waals surface area contributed by atoms with Crippen molar-refractivity contribution in [2.45, 2.75) is 40.5 Å². The second kappa shape index (κ2) is 18.7. The highest BCUT2D eigenvalue weighted by molar-refractivity contribution is 6.16. The summed E-state index contributed by atoms with van der Waals surface area (Å²) in [6.07, 6.45) is 2.11. The van der Waals surface area contributed by atoms with E-state index in [1.165, 1.54) is 49.6 Å². The van der Waals surface area contributed by atoms with Crippen molar-refractivity contribution < 1.29 is 9.15 Å². The fourth-order valence-electron chi connectivity index (χ4n) is 10.1. The Kier molecular flexibility index (Phi) is 11.7. The summed E-state index contributed by atoms with van der Waals surface area (Å²) in [6.45, 7) is 8.68. The van der Waals surface area contributed by atoms with Crippen LogP contribution in [-0.2, 0) is 6.42 Å². The van der Waals surface area contributed by atoms with Gasteiger partial charge in [-0.1, -0.05) is 195 Å². The van der Waals surface area contributed by atoms with E-state index in [4.69, 9.17) is 9.15 Å². The van der Waals surface area contributed by atoms with Crippen molar-refractivity contribution >= 4 is 43.7 Å². The van der Waals surface area contributed by atoms with E-state index in [0.29, 0.717) is 0 Å². The lowest BCUT2D eigenvalue weighted by Crippen LogP contribution is -1.96. The maximum Gasteiger partial charge on any atom is 0.147 e. The molecule has 2 heterocycles. The van der Waals surface area contributed by atoms with Crippen LogP contribution in [0.5, 0.6) is 11.5 Å². The number of fused-ring (bicyclic) bond motifs is 6. The number of rotatable bonds is 9. The number of aryl methyl sites for hydroxylation is 4. The van der Waals surface area contributed by atoms with Gasteiger partial charge in [-0.2, -0.15) is 0 Å². The molecule has 69 heavy (non-hydrogen) atoms. The summed E-state index contributed by atoms with van der Waals surface area (Å²) < 4.78 is 16.7. The molecule has 3 nitrogen and oxygen atoms in total. The van der Waals surface area contributed by atoms with Crippen LogP contribution in [0, 0.1) is 20.8 Å². The standard InChI is InChI=1S/C59H45NO2.C7H8/c1-4-18-40-31-32-42(36-50(40)45-24-12-11-19-38(45)2)46-25-14-16-30-55(46)61-57-39(3)35-52-49-28-17-27-47(58(49)62-59(52)56(57)41-20-7-5-8-21-41)43-33-34-54-51(37-43)48-26-13-15-29-53(48)60(54)44-22-9-6-10-23-44;1-7-5-3-2-4-6-7/h5-17,19-37H,4,18H2,1-3H3;2-6H,1H3. The second-order valence-electron chi connectivity index (χ2n) is 18.0. The summed E-state index contributed by atoms with van der Waals surface area (Å²) >= 11 is 0. The molecule has 10 aromatic carbocycles. The Hall–Kier alpha value is -8.40. The van der Waals surface area contributed by atoms with E-state index >= 15 is 0 Å². The lowest BCUT2D eigenvalue weighted by Gasteiger charge is -2.19. The van der Waals surface area contributed by atoms with Gasteiger partial charge < -0.3 is 13.7 Å². The Balaban J connectivity index is 0.000000685. The van der Waals surface area contributed by atoms with E-state index in [2.05, 4.69) is 239 Å². The van der Waals surface area contributed by atoms with E-state index < -0.39 is 0 Å². The molecule has 0 amide bonds. The molecule has 12 rings (SSSR count). The lowest BCUT2D eigenvalue weighted by molar-refractivity contribution is 0.482. The number of nitrogens with zero attached hydrogens (tertiary/aromatic N) is 1. The zero-order chi connectivity index (χ0) is 46.8. The van der Waals surface area contributed by atoms with Crippen LogP contribution >= 0.6 is 0 Å². The maximum absolute atomic E-state index is 7.21. The average molecular weight is 892 g/mol. The van der Waals surface area contributed by atoms with Crippen LogP contribution in [0.1, 0.15) is 35.6 Å². The Morgan fingerprint density at radius 1 is 0.420 bits per heavy atom. The van der Waals surface area contributed by atoms with E-state index in [1.807, 2.05) is 18.2 Å². The predicted molar refractivity (Wildman–Crippen MR) is 291 cm³/mol. The van der Waals surface area contributed by atoms with Gasteiger partial charge in [0.2, 0.25) is 0 Å². The minimum Gasteiger partial charge on any atom is -0.456 e. The molecule has 0 aliphatic heterocycles. The predicted octanol–water partition coefficient (Wildman–Crippen LogP) is 18.7. The van der Waals surface area contributed by atoms with Gasteiger partial charge in [-0.3, -0.25) is 0 Å². The van der Waals surface area contributed by atoms with Crippen LogP contribution < -0.4 is 4.74 Å². The number of para-hydroxylation sites is 4. The van der Waals surface area contributed by atoms with Crippen molar-refractivity contribution in [3.8, 4) is 61.7 Å². The summed E-state index contributed by atoms with van der Waals surface area (Å²) in [6, 6.07) is 79.6. The normalized spacial score (nSPS) is 11.3. The fourth-order valence-corrected chi connectivity index (χ4v) is 10.1. The molecule has 0 atom stereocenters. The first-order chi connectivity index (χ1) is 33.9. The molecule has 0 spiro atoms. The van der Waals surface area contributed by atoms with Gasteiger partial charge in [-0.25, -0.2) is 0 Å². The molecular weight excluding hydrogens is 839 g/mol. The van der Waals surface area contributed by atoms with Crippen molar-refractivity contribution in [3.63, 3.8) is 0 Å². The van der Waals surface area contributed by atoms with Crippen LogP contribution in [0.15, 0.2) is 229 Å². The summed E-state index contributed by atoms with van der Waals surface area (Å²) in [5.74, 6) is 1.58. The average Bonchev–Trinajstić information content (AvgIpc) is 3.93. The fraction of sp³-hybridized carbons (Fsp3) is 0.0909. The third kappa shape index (κ3) is 8.17. The summed E-state index contributed by atoms with van der Waals surface area (Å²) in [7, 11) is 0. The number of aromatic nitrogens is 1. The largest absolute Gasteiger partial charge is 0.456 e. The zero-order valence-corrected chi connectivity index (χ0v) is 39.5. The van der Waals surface area contributed by atoms with Crippen LogP contribution in [0.4, 0.5) is 0 Å². The lowest BCUT2D eigenvalue weighted by atomic mass is 9.90. The van der Waals surface area contributed by atoms with Crippen LogP contribution in [-0.4, -0.2) is 4.57 Å². The first-order valence-electron chi connectivity index (χ1n) is 24.1. The molecule has 0 unspecified atom stereocenters. The van der Waals surface area contributed by atoms with Crippen molar-refractivity contribution in [3.05, 3.63) is 247 Å². The van der Waals surface area contributed by atoms with Gasteiger partial charge in [-0.05, 0) is 120 Å². The topological polar surface area (TPSA) is 27.3 Å². The molecule has 0 fully saturated rings. The number of ether oxygens (including phenoxy) is 1. The first-order valence-corrected chi connectivity index (χ1v) is 24.1. The first kappa shape index (κ1) is 43.2. The van der Waals surface area contributed by atoms with Gasteiger partial charge >= 0.3 is 0 Å². The SMILES string of the molecule is CCCc1ccc(-c2ccccc2Oc2c(C)cc3c(oc4c(-c5ccc6c(c5)c5ccccc5n6-c5ccccc5)cccc43)c2-c2ccccc2)cc1-c1ccccc1C.Cc1ccccc1. The van der Waals surface area contributed by atoms with Gasteiger partial charge in [0, 0.05) is 38.4 Å². The monoisotopic (exact) mass is 891 g/mol. The number of furan rings is 1. The number of hydrogen-bond acceptors (Lipinski definition) is 2. The quantitative estimate of drug-likeness (QED) is 0.144. The zero-order valence-electron chi connectivity index (χ0n) is 39.5. The summed E-state index contributed by atoms with van der Waals surface area (Å²) in [4.78, 5) is 0. The molecule has 0 aliphatic carbocycles. The molecule has 0 bridgehead atoms. The van der Waals surface area contributed by atoms with Gasteiger partial charge in [0.15, 0.2) is 0 Å². The third-order valence-electron chi connectivity index (χ3n) is 13.4. The van der Waals surface area contributed by atoms with E-state index in [1.54, 1.807) is 0 Å². The van der Waals surface area contributed by atoms with Crippen molar-refractivity contribution in [2.24, 2.45) is 0 Å². The molecule has 0 aliphatic rings. The molecule has 2 aromatic heterocycles. The molecule has 3 heteroatoms. The van der Waals surface area contributed by atoms with Gasteiger partial charge in [0.1, 0.15) is 22.7 Å². The van der Waals surface area contributed by atoms with E-state index in [0.717, 1.165) is 90.9 Å². The molecule has 0 N–H and O–H groups in total. The summed E-state index contributed by atoms with van der Waals surface area (Å²) in [5.41, 5.74) is 19.0. The summed E-state index contributed by atoms with van der Waals surface area (Å²) in [5, 5.41) is 4.57. The number of benzene rings is 10. The maximum atomic E-state index is 7.21. The van der Waals surface area contributed by atoms with Gasteiger partial charge in [0.05, 0.1) is 16.6 Å². The molecule has 0 radical (unpaired) electrons. The Morgan fingerprint density at radius 2 is 1.04 bits per heavy atom. The number of hydrogen-bond donors (Lipinski definition) is 0. The third-order valence-corrected chi connectivity index (χ3v) is 13.4.